The van der Waals surface area contributed by atoms with Gasteiger partial charge in [0.1, 0.15) is 0 Å². The van der Waals surface area contributed by atoms with E-state index in [2.05, 4.69) is 31.1 Å². The predicted octanol–water partition coefficient (Wildman–Crippen LogP) is 3.51. The average molecular weight is 299 g/mol. The van der Waals surface area contributed by atoms with Crippen LogP contribution in [0.5, 0.6) is 0 Å². The van der Waals surface area contributed by atoms with E-state index in [1.807, 2.05) is 6.07 Å². The van der Waals surface area contributed by atoms with Gasteiger partial charge in [-0.25, -0.2) is 4.68 Å². The zero-order chi connectivity index (χ0) is 14.2. The molecule has 2 rings (SSSR count). The van der Waals surface area contributed by atoms with Gasteiger partial charge in [-0.3, -0.25) is 0 Å². The third-order valence-corrected chi connectivity index (χ3v) is 3.40. The minimum Gasteiger partial charge on any atom is -0.381 e. The highest BCUT2D eigenvalue weighted by atomic mass is 35.5. The van der Waals surface area contributed by atoms with Crippen LogP contribution in [0.15, 0.2) is 18.2 Å². The summed E-state index contributed by atoms with van der Waals surface area (Å²) in [4.78, 5) is 0. The third kappa shape index (κ3) is 3.01. The molecule has 0 saturated heterocycles. The molecule has 0 spiro atoms. The van der Waals surface area contributed by atoms with Crippen LogP contribution in [-0.2, 0) is 12.0 Å². The summed E-state index contributed by atoms with van der Waals surface area (Å²) in [5.41, 5.74) is 7.54. The van der Waals surface area contributed by atoms with Crippen LogP contribution in [0.1, 0.15) is 32.0 Å². The number of anilines is 1. The van der Waals surface area contributed by atoms with Crippen molar-refractivity contribution in [3.05, 3.63) is 39.5 Å². The smallest absolute Gasteiger partial charge is 0.169 e. The maximum absolute atomic E-state index is 6.17. The van der Waals surface area contributed by atoms with Crippen LogP contribution >= 0.6 is 23.2 Å². The maximum atomic E-state index is 6.17. The van der Waals surface area contributed by atoms with Crippen molar-refractivity contribution < 1.29 is 0 Å². The lowest BCUT2D eigenvalue weighted by molar-refractivity contribution is 0.503. The van der Waals surface area contributed by atoms with Crippen molar-refractivity contribution in [2.45, 2.75) is 32.7 Å². The van der Waals surface area contributed by atoms with Crippen LogP contribution in [0.3, 0.4) is 0 Å². The van der Waals surface area contributed by atoms with E-state index < -0.39 is 0 Å². The zero-order valence-corrected chi connectivity index (χ0v) is 12.6. The Labute approximate surface area is 122 Å². The molecule has 0 atom stereocenters. The first-order chi connectivity index (χ1) is 8.79. The fraction of sp³-hybridized carbons (Fsp3) is 0.385. The maximum Gasteiger partial charge on any atom is 0.169 e. The second-order valence-corrected chi connectivity index (χ2v) is 6.31. The summed E-state index contributed by atoms with van der Waals surface area (Å²) in [6.45, 7) is 6.70. The van der Waals surface area contributed by atoms with Crippen molar-refractivity contribution in [3.63, 3.8) is 0 Å². The van der Waals surface area contributed by atoms with Crippen molar-refractivity contribution >= 4 is 29.0 Å². The Hall–Kier alpha value is -1.26. The number of nitrogens with zero attached hydrogens (tertiary/aromatic N) is 3. The van der Waals surface area contributed by atoms with E-state index in [0.29, 0.717) is 22.4 Å². The predicted molar refractivity (Wildman–Crippen MR) is 78.7 cm³/mol. The fourth-order valence-corrected chi connectivity index (χ4v) is 2.41. The zero-order valence-electron chi connectivity index (χ0n) is 11.1. The van der Waals surface area contributed by atoms with E-state index in [9.17, 15) is 0 Å². The molecule has 0 radical (unpaired) electrons. The lowest BCUT2D eigenvalue weighted by Gasteiger charge is -2.20. The number of aromatic nitrogens is 3. The molecular weight excluding hydrogens is 283 g/mol. The van der Waals surface area contributed by atoms with Crippen molar-refractivity contribution in [2.75, 3.05) is 5.73 Å². The first-order valence-corrected chi connectivity index (χ1v) is 6.68. The lowest BCUT2D eigenvalue weighted by Crippen LogP contribution is -2.20. The van der Waals surface area contributed by atoms with Gasteiger partial charge in [0, 0.05) is 15.5 Å². The number of hydrogen-bond donors (Lipinski definition) is 1. The molecule has 0 amide bonds. The number of benzene rings is 1. The van der Waals surface area contributed by atoms with Gasteiger partial charge in [0.05, 0.1) is 12.2 Å². The van der Waals surface area contributed by atoms with Crippen LogP contribution in [0, 0.1) is 0 Å². The molecule has 1 heterocycles. The fourth-order valence-electron chi connectivity index (χ4n) is 2.03. The van der Waals surface area contributed by atoms with Gasteiger partial charge in [-0.15, -0.1) is 5.10 Å². The van der Waals surface area contributed by atoms with Gasteiger partial charge in [-0.05, 0) is 23.8 Å². The average Bonchev–Trinajstić information content (AvgIpc) is 2.64. The molecule has 0 unspecified atom stereocenters. The Morgan fingerprint density at radius 3 is 2.58 bits per heavy atom. The molecule has 6 heteroatoms. The van der Waals surface area contributed by atoms with Crippen LogP contribution in [0.4, 0.5) is 5.82 Å². The molecule has 4 nitrogen and oxygen atoms in total. The van der Waals surface area contributed by atoms with E-state index >= 15 is 0 Å². The van der Waals surface area contributed by atoms with Crippen molar-refractivity contribution in [1.82, 2.24) is 15.0 Å². The molecule has 0 aliphatic rings. The Bertz CT molecular complexity index is 599. The van der Waals surface area contributed by atoms with Crippen LogP contribution in [-0.4, -0.2) is 15.0 Å². The number of hydrogen-bond acceptors (Lipinski definition) is 3. The molecule has 0 aliphatic heterocycles. The quantitative estimate of drug-likeness (QED) is 0.923. The number of halogens is 2. The summed E-state index contributed by atoms with van der Waals surface area (Å²) in [7, 11) is 0. The minimum absolute atomic E-state index is 0.140. The van der Waals surface area contributed by atoms with Crippen LogP contribution in [0.2, 0.25) is 10.0 Å². The number of nitrogens with two attached hydrogens (primary N) is 1. The van der Waals surface area contributed by atoms with Crippen LogP contribution < -0.4 is 5.73 Å². The molecule has 19 heavy (non-hydrogen) atoms. The Kier molecular flexibility index (Phi) is 3.74. The second-order valence-electron chi connectivity index (χ2n) is 5.47. The lowest BCUT2D eigenvalue weighted by atomic mass is 9.92. The van der Waals surface area contributed by atoms with Gasteiger partial charge in [-0.1, -0.05) is 49.2 Å². The van der Waals surface area contributed by atoms with E-state index in [0.717, 1.165) is 11.3 Å². The van der Waals surface area contributed by atoms with Gasteiger partial charge < -0.3 is 5.73 Å². The highest BCUT2D eigenvalue weighted by molar-refractivity contribution is 6.33. The topological polar surface area (TPSA) is 56.7 Å². The van der Waals surface area contributed by atoms with E-state index in [1.54, 1.807) is 16.8 Å². The third-order valence-electron chi connectivity index (χ3n) is 2.80. The standard InChI is InChI=1S/C13H16Cl2N4/c1-13(2,3)11-12(16)17-18-19(11)7-8-6-9(14)4-5-10(8)15/h4-6H,7,16H2,1-3H3. The molecular formula is C13H16Cl2N4. The first kappa shape index (κ1) is 14.2. The number of rotatable bonds is 2. The Balaban J connectivity index is 2.42. The van der Waals surface area contributed by atoms with E-state index in [-0.39, 0.29) is 5.41 Å². The highest BCUT2D eigenvalue weighted by Crippen LogP contribution is 2.28. The molecule has 0 bridgehead atoms. The summed E-state index contributed by atoms with van der Waals surface area (Å²) in [6, 6.07) is 5.36. The number of nitrogen functional groups attached to an aromatic ring is 1. The SMILES string of the molecule is CC(C)(C)c1c(N)nnn1Cc1cc(Cl)ccc1Cl. The molecule has 1 aromatic heterocycles. The summed E-state index contributed by atoms with van der Waals surface area (Å²) >= 11 is 12.2. The summed E-state index contributed by atoms with van der Waals surface area (Å²) in [6.07, 6.45) is 0. The summed E-state index contributed by atoms with van der Waals surface area (Å²) < 4.78 is 1.77. The molecule has 0 aliphatic carbocycles. The van der Waals surface area contributed by atoms with Gasteiger partial charge in [-0.2, -0.15) is 0 Å². The molecule has 2 aromatic rings. The first-order valence-electron chi connectivity index (χ1n) is 5.92. The van der Waals surface area contributed by atoms with Gasteiger partial charge in [0.15, 0.2) is 5.82 Å². The van der Waals surface area contributed by atoms with Gasteiger partial charge in [0.2, 0.25) is 0 Å². The highest BCUT2D eigenvalue weighted by Gasteiger charge is 2.24. The largest absolute Gasteiger partial charge is 0.381 e. The van der Waals surface area contributed by atoms with Gasteiger partial charge in [0.25, 0.3) is 0 Å². The van der Waals surface area contributed by atoms with Crippen LogP contribution in [0.25, 0.3) is 0 Å². The normalized spacial score (nSPS) is 11.8. The molecule has 102 valence electrons. The molecule has 0 fully saturated rings. The minimum atomic E-state index is -0.140. The molecule has 0 saturated carbocycles. The summed E-state index contributed by atoms with van der Waals surface area (Å²) in [5.74, 6) is 0.450. The van der Waals surface area contributed by atoms with Crippen molar-refractivity contribution in [2.24, 2.45) is 0 Å². The van der Waals surface area contributed by atoms with E-state index in [4.69, 9.17) is 28.9 Å². The summed E-state index contributed by atoms with van der Waals surface area (Å²) in [5, 5.41) is 9.33. The Morgan fingerprint density at radius 2 is 1.95 bits per heavy atom. The van der Waals surface area contributed by atoms with Crippen molar-refractivity contribution in [3.8, 4) is 0 Å². The monoisotopic (exact) mass is 298 g/mol. The second kappa shape index (κ2) is 5.02. The van der Waals surface area contributed by atoms with Crippen molar-refractivity contribution in [1.29, 1.82) is 0 Å². The van der Waals surface area contributed by atoms with Gasteiger partial charge >= 0.3 is 0 Å². The molecule has 1 aromatic carbocycles. The van der Waals surface area contributed by atoms with E-state index in [1.165, 1.54) is 0 Å². The molecule has 2 N–H and O–H groups in total. The Morgan fingerprint density at radius 1 is 1.26 bits per heavy atom.